The number of carbonyl (C=O) groups excluding carboxylic acids is 2. The number of thiazole rings is 1. The minimum atomic E-state index is -0.123. The molecule has 1 fully saturated rings. The van der Waals surface area contributed by atoms with E-state index in [1.165, 1.54) is 11.3 Å². The minimum absolute atomic E-state index is 0.0674. The number of fused-ring (bicyclic) bond motifs is 1. The number of nitrogens with zero attached hydrogens (tertiary/aromatic N) is 5. The highest BCUT2D eigenvalue weighted by molar-refractivity contribution is 7.13. The summed E-state index contributed by atoms with van der Waals surface area (Å²) in [4.78, 5) is 42.4. The smallest absolute Gasteiger partial charge is 0.247 e. The van der Waals surface area contributed by atoms with Crippen LogP contribution in [0, 0.1) is 6.92 Å². The Morgan fingerprint density at radius 2 is 1.88 bits per heavy atom. The van der Waals surface area contributed by atoms with Crippen LogP contribution in [0.25, 0.3) is 21.6 Å². The Labute approximate surface area is 188 Å². The molecule has 0 atom stereocenters. The zero-order valence-corrected chi connectivity index (χ0v) is 18.4. The van der Waals surface area contributed by atoms with Crippen molar-refractivity contribution >= 4 is 34.1 Å². The van der Waals surface area contributed by atoms with Crippen LogP contribution in [0.15, 0.2) is 48.2 Å². The van der Waals surface area contributed by atoms with Gasteiger partial charge in [0.05, 0.1) is 24.7 Å². The highest BCUT2D eigenvalue weighted by atomic mass is 32.1. The van der Waals surface area contributed by atoms with Gasteiger partial charge in [-0.05, 0) is 25.0 Å². The number of nitrogens with one attached hydrogen (secondary N) is 1. The maximum Gasteiger partial charge on any atom is 0.247 e. The van der Waals surface area contributed by atoms with Gasteiger partial charge < -0.3 is 4.98 Å². The van der Waals surface area contributed by atoms with Crippen LogP contribution in [0.2, 0.25) is 0 Å². The van der Waals surface area contributed by atoms with Gasteiger partial charge in [0.25, 0.3) is 0 Å². The normalized spacial score (nSPS) is 13.8. The Balaban J connectivity index is 1.29. The van der Waals surface area contributed by atoms with E-state index in [0.717, 1.165) is 33.6 Å². The van der Waals surface area contributed by atoms with E-state index in [9.17, 15) is 9.59 Å². The lowest BCUT2D eigenvalue weighted by atomic mass is 10.1. The summed E-state index contributed by atoms with van der Waals surface area (Å²) in [5.41, 5.74) is 4.34. The summed E-state index contributed by atoms with van der Waals surface area (Å²) in [5, 5.41) is 6.81. The Hall–Kier alpha value is -3.59. The van der Waals surface area contributed by atoms with Gasteiger partial charge in [-0.1, -0.05) is 18.2 Å². The standard InChI is InChI=1S/C23H22N6O2S/c1-15-18(17-5-2-3-6-19(17)26-15)12-22(31)29-10-4-9-28(29)21(30)11-16-14-32-23(27-16)20-13-24-7-8-25-20/h2-3,5-8,13-14,26H,4,9-12H2,1H3. The fraction of sp³-hybridized carbons (Fsp3) is 0.261. The van der Waals surface area contributed by atoms with E-state index in [4.69, 9.17) is 0 Å². The number of aryl methyl sites for hydroxylation is 1. The van der Waals surface area contributed by atoms with Gasteiger partial charge in [0.15, 0.2) is 0 Å². The molecule has 32 heavy (non-hydrogen) atoms. The molecule has 2 amide bonds. The van der Waals surface area contributed by atoms with E-state index in [1.807, 2.05) is 36.6 Å². The Morgan fingerprint density at radius 3 is 2.66 bits per heavy atom. The van der Waals surface area contributed by atoms with Crippen molar-refractivity contribution in [3.8, 4) is 10.7 Å². The van der Waals surface area contributed by atoms with E-state index < -0.39 is 0 Å². The number of aromatic amines is 1. The van der Waals surface area contributed by atoms with Crippen LogP contribution in [0.1, 0.15) is 23.4 Å². The third kappa shape index (κ3) is 3.87. The Morgan fingerprint density at radius 1 is 1.09 bits per heavy atom. The first-order valence-electron chi connectivity index (χ1n) is 10.5. The van der Waals surface area contributed by atoms with Crippen molar-refractivity contribution in [1.29, 1.82) is 0 Å². The monoisotopic (exact) mass is 446 g/mol. The largest absolute Gasteiger partial charge is 0.358 e. The predicted octanol–water partition coefficient (Wildman–Crippen LogP) is 3.15. The lowest BCUT2D eigenvalue weighted by Crippen LogP contribution is -2.46. The number of para-hydroxylation sites is 1. The first-order chi connectivity index (χ1) is 15.6. The van der Waals surface area contributed by atoms with Gasteiger partial charge in [-0.25, -0.2) is 4.98 Å². The molecule has 0 aliphatic carbocycles. The highest BCUT2D eigenvalue weighted by Gasteiger charge is 2.31. The molecular formula is C23H22N6O2S. The predicted molar refractivity (Wildman–Crippen MR) is 122 cm³/mol. The molecule has 162 valence electrons. The summed E-state index contributed by atoms with van der Waals surface area (Å²) in [6.45, 7) is 3.07. The molecule has 4 aromatic rings. The van der Waals surface area contributed by atoms with Crippen LogP contribution < -0.4 is 0 Å². The van der Waals surface area contributed by atoms with Gasteiger partial charge in [-0.3, -0.25) is 29.6 Å². The number of aromatic nitrogens is 4. The highest BCUT2D eigenvalue weighted by Crippen LogP contribution is 2.25. The van der Waals surface area contributed by atoms with Gasteiger partial charge in [0.2, 0.25) is 11.8 Å². The van der Waals surface area contributed by atoms with Gasteiger partial charge in [-0.15, -0.1) is 11.3 Å². The third-order valence-corrected chi connectivity index (χ3v) is 6.54. The summed E-state index contributed by atoms with van der Waals surface area (Å²) >= 11 is 1.43. The molecule has 0 saturated carbocycles. The molecule has 0 radical (unpaired) electrons. The Bertz CT molecular complexity index is 1280. The number of hydrazine groups is 1. The zero-order chi connectivity index (χ0) is 22.1. The zero-order valence-electron chi connectivity index (χ0n) is 17.6. The van der Waals surface area contributed by atoms with Crippen LogP contribution in [0.3, 0.4) is 0 Å². The SMILES string of the molecule is Cc1[nH]c2ccccc2c1CC(=O)N1CCCN1C(=O)Cc1csc(-c2cnccn2)n1. The minimum Gasteiger partial charge on any atom is -0.358 e. The number of H-pyrrole nitrogens is 1. The van der Waals surface area contributed by atoms with E-state index in [2.05, 4.69) is 19.9 Å². The van der Waals surface area contributed by atoms with Crippen LogP contribution >= 0.6 is 11.3 Å². The molecule has 0 unspecified atom stereocenters. The fourth-order valence-electron chi connectivity index (χ4n) is 4.10. The first kappa shape index (κ1) is 20.3. The van der Waals surface area contributed by atoms with Crippen LogP contribution in [-0.4, -0.2) is 54.9 Å². The van der Waals surface area contributed by atoms with Crippen molar-refractivity contribution in [3.63, 3.8) is 0 Å². The average Bonchev–Trinajstić information content (AvgIpc) is 3.54. The second kappa shape index (κ2) is 8.51. The van der Waals surface area contributed by atoms with Crippen molar-refractivity contribution in [1.82, 2.24) is 30.0 Å². The second-order valence-corrected chi connectivity index (χ2v) is 8.61. The van der Waals surface area contributed by atoms with Gasteiger partial charge in [-0.2, -0.15) is 0 Å². The third-order valence-electron chi connectivity index (χ3n) is 5.63. The van der Waals surface area contributed by atoms with Crippen LogP contribution in [0.4, 0.5) is 0 Å². The molecule has 5 rings (SSSR count). The molecule has 1 N–H and O–H groups in total. The van der Waals surface area contributed by atoms with Crippen molar-refractivity contribution < 1.29 is 9.59 Å². The van der Waals surface area contributed by atoms with Crippen LogP contribution in [-0.2, 0) is 22.4 Å². The maximum atomic E-state index is 13.2. The number of benzene rings is 1. The molecule has 0 bridgehead atoms. The van der Waals surface area contributed by atoms with Gasteiger partial charge in [0.1, 0.15) is 10.7 Å². The van der Waals surface area contributed by atoms with Crippen molar-refractivity contribution in [3.05, 3.63) is 65.2 Å². The van der Waals surface area contributed by atoms with Gasteiger partial charge in [0, 0.05) is 47.5 Å². The summed E-state index contributed by atoms with van der Waals surface area (Å²) in [5.74, 6) is -0.190. The van der Waals surface area contributed by atoms with Crippen LogP contribution in [0.5, 0.6) is 0 Å². The topological polar surface area (TPSA) is 95.1 Å². The van der Waals surface area contributed by atoms with Gasteiger partial charge >= 0.3 is 0 Å². The van der Waals surface area contributed by atoms with Crippen molar-refractivity contribution in [2.24, 2.45) is 0 Å². The molecule has 1 saturated heterocycles. The van der Waals surface area contributed by atoms with Crippen molar-refractivity contribution in [2.75, 3.05) is 13.1 Å². The molecule has 1 aromatic carbocycles. The quantitative estimate of drug-likeness (QED) is 0.508. The molecule has 1 aliphatic heterocycles. The summed E-state index contributed by atoms with van der Waals surface area (Å²) < 4.78 is 0. The molecular weight excluding hydrogens is 424 g/mol. The fourth-order valence-corrected chi connectivity index (χ4v) is 4.88. The van der Waals surface area contributed by atoms with E-state index >= 15 is 0 Å². The molecule has 9 heteroatoms. The number of hydrogen-bond acceptors (Lipinski definition) is 6. The number of carbonyl (C=O) groups is 2. The lowest BCUT2D eigenvalue weighted by molar-refractivity contribution is -0.157. The number of rotatable bonds is 5. The number of hydrogen-bond donors (Lipinski definition) is 1. The molecule has 4 heterocycles. The first-order valence-corrected chi connectivity index (χ1v) is 11.4. The molecule has 0 spiro atoms. The number of amides is 2. The summed E-state index contributed by atoms with van der Waals surface area (Å²) in [6, 6.07) is 7.97. The van der Waals surface area contributed by atoms with E-state index in [1.54, 1.807) is 28.6 Å². The molecule has 3 aromatic heterocycles. The Kier molecular flexibility index (Phi) is 5.40. The van der Waals surface area contributed by atoms with E-state index in [0.29, 0.717) is 24.5 Å². The second-order valence-electron chi connectivity index (χ2n) is 7.75. The lowest BCUT2D eigenvalue weighted by Gasteiger charge is -2.28. The van der Waals surface area contributed by atoms with Crippen molar-refractivity contribution in [2.45, 2.75) is 26.2 Å². The maximum absolute atomic E-state index is 13.2. The molecule has 8 nitrogen and oxygen atoms in total. The molecule has 1 aliphatic rings. The summed E-state index contributed by atoms with van der Waals surface area (Å²) in [7, 11) is 0. The average molecular weight is 447 g/mol. The van der Waals surface area contributed by atoms with E-state index in [-0.39, 0.29) is 24.7 Å². The summed E-state index contributed by atoms with van der Waals surface area (Å²) in [6.07, 6.45) is 6.05.